The summed E-state index contributed by atoms with van der Waals surface area (Å²) < 4.78 is 0. The van der Waals surface area contributed by atoms with Crippen molar-refractivity contribution < 1.29 is 4.79 Å². The second kappa shape index (κ2) is 9.96. The van der Waals surface area contributed by atoms with E-state index >= 15 is 0 Å². The van der Waals surface area contributed by atoms with Gasteiger partial charge in [0, 0.05) is 44.6 Å². The molecular formula is C23H34N6O. The van der Waals surface area contributed by atoms with Crippen molar-refractivity contribution in [3.05, 3.63) is 30.1 Å². The molecule has 1 saturated heterocycles. The van der Waals surface area contributed by atoms with Crippen LogP contribution in [0.3, 0.4) is 0 Å². The molecule has 1 aromatic carbocycles. The fourth-order valence-corrected chi connectivity index (χ4v) is 4.58. The first-order valence-corrected chi connectivity index (χ1v) is 11.5. The number of aromatic nitrogens is 2. The monoisotopic (exact) mass is 410 g/mol. The smallest absolute Gasteiger partial charge is 0.225 e. The van der Waals surface area contributed by atoms with Crippen LogP contribution in [-0.2, 0) is 11.2 Å². The molecule has 30 heavy (non-hydrogen) atoms. The summed E-state index contributed by atoms with van der Waals surface area (Å²) in [6, 6.07) is 8.40. The molecule has 1 atom stereocenters. The number of carbonyl (C=O) groups is 1. The van der Waals surface area contributed by atoms with Crippen molar-refractivity contribution in [2.45, 2.75) is 57.9 Å². The standard InChI is InChI=1S/C23H34N6O/c1-2-24-23(25-14-7-12-21-27-19-10-5-6-11-20(19)28-21)26-18-13-15-29(16-18)22(30)17-8-3-4-9-17/h5-6,10-11,17-18H,2-4,7-9,12-16H2,1H3,(H,27,28)(H2,24,25,26). The van der Waals surface area contributed by atoms with Gasteiger partial charge in [-0.25, -0.2) is 4.98 Å². The van der Waals surface area contributed by atoms with Gasteiger partial charge < -0.3 is 20.5 Å². The first-order valence-electron chi connectivity index (χ1n) is 11.5. The molecule has 162 valence electrons. The van der Waals surface area contributed by atoms with Gasteiger partial charge in [-0.3, -0.25) is 9.79 Å². The molecule has 0 spiro atoms. The highest BCUT2D eigenvalue weighted by atomic mass is 16.2. The predicted molar refractivity (Wildman–Crippen MR) is 120 cm³/mol. The zero-order valence-corrected chi connectivity index (χ0v) is 18.0. The maximum Gasteiger partial charge on any atom is 0.225 e. The number of aliphatic imine (C=N–C) groups is 1. The Morgan fingerprint density at radius 3 is 2.90 bits per heavy atom. The van der Waals surface area contributed by atoms with Gasteiger partial charge in [0.15, 0.2) is 5.96 Å². The highest BCUT2D eigenvalue weighted by Crippen LogP contribution is 2.27. The van der Waals surface area contributed by atoms with Gasteiger partial charge in [-0.15, -0.1) is 0 Å². The summed E-state index contributed by atoms with van der Waals surface area (Å²) in [6.45, 7) is 5.30. The van der Waals surface area contributed by atoms with Gasteiger partial charge >= 0.3 is 0 Å². The number of hydrogen-bond donors (Lipinski definition) is 3. The predicted octanol–water partition coefficient (Wildman–Crippen LogP) is 2.84. The van der Waals surface area contributed by atoms with Crippen molar-refractivity contribution in [1.82, 2.24) is 25.5 Å². The molecule has 3 N–H and O–H groups in total. The Kier molecular flexibility index (Phi) is 6.87. The van der Waals surface area contributed by atoms with Gasteiger partial charge in [-0.05, 0) is 44.7 Å². The number of amides is 1. The summed E-state index contributed by atoms with van der Waals surface area (Å²) in [4.78, 5) is 27.5. The van der Waals surface area contributed by atoms with Gasteiger partial charge in [0.05, 0.1) is 11.0 Å². The van der Waals surface area contributed by atoms with Gasteiger partial charge in [-0.2, -0.15) is 0 Å². The second-order valence-electron chi connectivity index (χ2n) is 8.46. The molecule has 4 rings (SSSR count). The molecule has 2 heterocycles. The minimum absolute atomic E-state index is 0.268. The average molecular weight is 411 g/mol. The lowest BCUT2D eigenvalue weighted by Crippen LogP contribution is -2.45. The van der Waals surface area contributed by atoms with E-state index in [1.807, 2.05) is 18.2 Å². The molecule has 0 radical (unpaired) electrons. The number of fused-ring (bicyclic) bond motifs is 1. The van der Waals surface area contributed by atoms with Crippen LogP contribution in [0.25, 0.3) is 11.0 Å². The summed E-state index contributed by atoms with van der Waals surface area (Å²) in [7, 11) is 0. The van der Waals surface area contributed by atoms with E-state index in [1.165, 1.54) is 12.8 Å². The Bertz CT molecular complexity index is 836. The Balaban J connectivity index is 1.24. The third-order valence-electron chi connectivity index (χ3n) is 6.17. The van der Waals surface area contributed by atoms with Crippen LogP contribution < -0.4 is 10.6 Å². The van der Waals surface area contributed by atoms with Crippen molar-refractivity contribution in [2.24, 2.45) is 10.9 Å². The van der Waals surface area contributed by atoms with E-state index in [2.05, 4.69) is 38.5 Å². The first-order chi connectivity index (χ1) is 14.7. The summed E-state index contributed by atoms with van der Waals surface area (Å²) in [6.07, 6.45) is 7.36. The first kappa shape index (κ1) is 20.7. The fourth-order valence-electron chi connectivity index (χ4n) is 4.58. The van der Waals surface area contributed by atoms with Crippen LogP contribution in [0.4, 0.5) is 0 Å². The van der Waals surface area contributed by atoms with E-state index in [0.717, 1.165) is 81.1 Å². The van der Waals surface area contributed by atoms with Gasteiger partial charge in [0.25, 0.3) is 0 Å². The number of likely N-dealkylation sites (tertiary alicyclic amines) is 1. The highest BCUT2D eigenvalue weighted by molar-refractivity contribution is 5.81. The molecule has 2 aliphatic rings. The zero-order chi connectivity index (χ0) is 20.8. The molecule has 1 saturated carbocycles. The quantitative estimate of drug-likeness (QED) is 0.372. The minimum Gasteiger partial charge on any atom is -0.357 e. The van der Waals surface area contributed by atoms with Crippen LogP contribution in [-0.4, -0.2) is 59.0 Å². The van der Waals surface area contributed by atoms with Crippen LogP contribution in [0.2, 0.25) is 0 Å². The Morgan fingerprint density at radius 1 is 1.27 bits per heavy atom. The number of aryl methyl sites for hydroxylation is 1. The van der Waals surface area contributed by atoms with E-state index in [-0.39, 0.29) is 12.0 Å². The molecule has 1 aromatic heterocycles. The number of nitrogens with zero attached hydrogens (tertiary/aromatic N) is 3. The lowest BCUT2D eigenvalue weighted by atomic mass is 10.1. The molecule has 1 aliphatic carbocycles. The Morgan fingerprint density at radius 2 is 2.10 bits per heavy atom. The molecular weight excluding hydrogens is 376 g/mol. The number of H-pyrrole nitrogens is 1. The normalized spacial score (nSPS) is 20.2. The number of rotatable bonds is 7. The maximum atomic E-state index is 12.7. The number of imidazole rings is 1. The van der Waals surface area contributed by atoms with Crippen LogP contribution >= 0.6 is 0 Å². The summed E-state index contributed by atoms with van der Waals surface area (Å²) in [5, 5.41) is 6.87. The largest absolute Gasteiger partial charge is 0.357 e. The molecule has 1 unspecified atom stereocenters. The van der Waals surface area contributed by atoms with Gasteiger partial charge in [-0.1, -0.05) is 25.0 Å². The number of para-hydroxylation sites is 2. The average Bonchev–Trinajstić information content (AvgIpc) is 3.51. The summed E-state index contributed by atoms with van der Waals surface area (Å²) in [5.74, 6) is 2.50. The van der Waals surface area contributed by atoms with Crippen molar-refractivity contribution in [2.75, 3.05) is 26.2 Å². The van der Waals surface area contributed by atoms with Gasteiger partial charge in [0.2, 0.25) is 5.91 Å². The van der Waals surface area contributed by atoms with Crippen molar-refractivity contribution in [1.29, 1.82) is 0 Å². The van der Waals surface area contributed by atoms with Gasteiger partial charge in [0.1, 0.15) is 5.82 Å². The van der Waals surface area contributed by atoms with Crippen LogP contribution in [0, 0.1) is 5.92 Å². The summed E-state index contributed by atoms with van der Waals surface area (Å²) in [5.41, 5.74) is 2.10. The minimum atomic E-state index is 0.268. The van der Waals surface area contributed by atoms with Crippen molar-refractivity contribution in [3.63, 3.8) is 0 Å². The van der Waals surface area contributed by atoms with E-state index in [1.54, 1.807) is 0 Å². The topological polar surface area (TPSA) is 85.4 Å². The molecule has 1 amide bonds. The Hall–Kier alpha value is -2.57. The molecule has 7 heteroatoms. The van der Waals surface area contributed by atoms with Crippen LogP contribution in [0.15, 0.2) is 29.3 Å². The van der Waals surface area contributed by atoms with Crippen molar-refractivity contribution in [3.8, 4) is 0 Å². The van der Waals surface area contributed by atoms with Crippen LogP contribution in [0.5, 0.6) is 0 Å². The highest BCUT2D eigenvalue weighted by Gasteiger charge is 2.32. The van der Waals surface area contributed by atoms with E-state index < -0.39 is 0 Å². The maximum absolute atomic E-state index is 12.7. The number of nitrogens with one attached hydrogen (secondary N) is 3. The molecule has 7 nitrogen and oxygen atoms in total. The van der Waals surface area contributed by atoms with E-state index in [0.29, 0.717) is 5.91 Å². The second-order valence-corrected chi connectivity index (χ2v) is 8.46. The van der Waals surface area contributed by atoms with Crippen LogP contribution in [0.1, 0.15) is 51.3 Å². The number of benzene rings is 1. The SMILES string of the molecule is CCNC(=NCCCc1nc2ccccc2[nH]1)NC1CCN(C(=O)C2CCCC2)C1. The lowest BCUT2D eigenvalue weighted by molar-refractivity contribution is -0.134. The summed E-state index contributed by atoms with van der Waals surface area (Å²) >= 11 is 0. The molecule has 1 aliphatic heterocycles. The number of carbonyl (C=O) groups excluding carboxylic acids is 1. The third-order valence-corrected chi connectivity index (χ3v) is 6.17. The third kappa shape index (κ3) is 5.12. The zero-order valence-electron chi connectivity index (χ0n) is 18.0. The molecule has 0 bridgehead atoms. The number of guanidine groups is 1. The number of aromatic amines is 1. The van der Waals surface area contributed by atoms with E-state index in [4.69, 9.17) is 4.99 Å². The molecule has 2 fully saturated rings. The Labute approximate surface area is 178 Å². The fraction of sp³-hybridized carbons (Fsp3) is 0.609. The lowest BCUT2D eigenvalue weighted by Gasteiger charge is -2.21. The number of hydrogen-bond acceptors (Lipinski definition) is 3. The van der Waals surface area contributed by atoms with E-state index in [9.17, 15) is 4.79 Å². The molecule has 2 aromatic rings. The van der Waals surface area contributed by atoms with Crippen molar-refractivity contribution >= 4 is 22.9 Å².